The zero-order valence-electron chi connectivity index (χ0n) is 80.2. The third-order valence-electron chi connectivity index (χ3n) is 27.5. The van der Waals surface area contributed by atoms with Crippen LogP contribution >= 0.6 is 7.60 Å². The van der Waals surface area contributed by atoms with E-state index in [2.05, 4.69) is 73.2 Å². The predicted molar refractivity (Wildman–Crippen MR) is 494 cm³/mol. The average molecular weight is 2000 g/mol. The minimum absolute atomic E-state index is 0.00938. The van der Waals surface area contributed by atoms with Crippen LogP contribution < -0.4 is 58.9 Å². The SMILES string of the molecule is C=C1C[C@@H]2CC[C@@]34C[C@H]5O[C@@H]6[C@@H](O[C@H]7CC[C@H](CC(=O)C[C@@H]8[C@@H](OC)[C@@H](C[C@H](O)CNC(=O)OCc9ccc(NC(=O)[C@H](CCCNC(N)=O)NC(=O)[C@@H](NC(=O)[C@H](CC(=O)N[C@H]%10CCOC%10=O)NC(=O)CN(C)CCNC(=O)CCOCCOCCOCCOCCNC(=O)[C@H](CNC(=O)CCP(=O)(O)O)N%10C(=O)C=CC%10=O)C(C)C)cc9)O[C@H]8C[C@H]8O[C@@H](CC[C@@H]1O2)C[C@@H](C)C8=C)C[C@@H]7[C@@H]6O3)[C@H]5O4. The van der Waals surface area contributed by atoms with E-state index in [0.717, 1.165) is 74.7 Å². The number of anilines is 1. The van der Waals surface area contributed by atoms with Gasteiger partial charge in [-0.2, -0.15) is 0 Å². The van der Waals surface area contributed by atoms with Crippen molar-refractivity contribution in [1.82, 2.24) is 57.7 Å². The number of fused-ring (bicyclic) bond motifs is 6. The first-order valence-electron chi connectivity index (χ1n) is 48.8. The van der Waals surface area contributed by atoms with Crippen molar-refractivity contribution in [3.05, 3.63) is 66.3 Å². The van der Waals surface area contributed by atoms with Crippen molar-refractivity contribution in [1.29, 1.82) is 0 Å². The maximum absolute atomic E-state index is 14.7. The molecule has 1 aromatic rings. The molecular weight excluding hydrogens is 1850 g/mol. The summed E-state index contributed by atoms with van der Waals surface area (Å²) >= 11 is 0. The van der Waals surface area contributed by atoms with E-state index >= 15 is 0 Å². The lowest BCUT2D eigenvalue weighted by Gasteiger charge is -2.47. The molecule has 13 amide bonds. The maximum atomic E-state index is 14.7. The predicted octanol–water partition coefficient (Wildman–Crippen LogP) is 0.192. The van der Waals surface area contributed by atoms with E-state index in [0.29, 0.717) is 36.1 Å². The van der Waals surface area contributed by atoms with Crippen LogP contribution in [-0.4, -0.2) is 355 Å². The molecule has 46 heteroatoms. The number of rotatable bonds is 49. The number of ether oxygens (including phenoxy) is 14. The number of cyclic esters (lactones) is 1. The molecule has 45 nitrogen and oxygen atoms in total. The number of imide groups is 1. The summed E-state index contributed by atoms with van der Waals surface area (Å²) in [6.45, 7) is 14.5. The Bertz CT molecular complexity index is 4570. The number of amides is 13. The first-order chi connectivity index (χ1) is 66.9. The fraction of sp³-hybridized carbons (Fsp3) is 0.723. The Morgan fingerprint density at radius 2 is 1.34 bits per heavy atom. The van der Waals surface area contributed by atoms with Crippen molar-refractivity contribution in [3.63, 3.8) is 0 Å². The molecule has 1 aliphatic carbocycles. The molecule has 1 spiro atoms. The Kier molecular flexibility index (Phi) is 40.8. The maximum Gasteiger partial charge on any atom is 0.407 e. The van der Waals surface area contributed by atoms with Crippen LogP contribution in [0.15, 0.2) is 60.7 Å². The highest BCUT2D eigenvalue weighted by Crippen LogP contribution is 2.57. The van der Waals surface area contributed by atoms with Gasteiger partial charge in [0.2, 0.25) is 47.3 Å². The van der Waals surface area contributed by atoms with Crippen LogP contribution in [0.2, 0.25) is 0 Å². The van der Waals surface area contributed by atoms with Crippen molar-refractivity contribution >= 4 is 96.2 Å². The minimum Gasteiger partial charge on any atom is -0.464 e. The topological polar surface area (TPSA) is 599 Å². The van der Waals surface area contributed by atoms with Crippen molar-refractivity contribution < 1.29 is 153 Å². The van der Waals surface area contributed by atoms with Gasteiger partial charge in [-0.25, -0.2) is 14.4 Å². The number of alkyl carbamates (subject to hydrolysis) is 1. The minimum atomic E-state index is -4.47. The summed E-state index contributed by atoms with van der Waals surface area (Å²) in [5, 5.41) is 37.5. The summed E-state index contributed by atoms with van der Waals surface area (Å²) in [5.41, 5.74) is 8.12. The Hall–Kier alpha value is -9.39. The number of urea groups is 1. The van der Waals surface area contributed by atoms with Gasteiger partial charge in [-0.1, -0.05) is 46.1 Å². The Labute approximate surface area is 812 Å². The molecule has 1 aromatic carbocycles. The molecular formula is C94H140N13O32P. The number of carbonyl (C=O) groups excluding carboxylic acids is 14. The lowest BCUT2D eigenvalue weighted by molar-refractivity contribution is -0.268. The second-order valence-electron chi connectivity index (χ2n) is 38.4. The molecule has 10 saturated heterocycles. The third kappa shape index (κ3) is 31.8. The van der Waals surface area contributed by atoms with Crippen LogP contribution in [0.5, 0.6) is 0 Å². The number of likely N-dealkylation sites (N-methyl/N-ethyl adjacent to an activating group) is 1. The molecule has 0 aromatic heterocycles. The summed E-state index contributed by atoms with van der Waals surface area (Å²) in [5.74, 6) is -9.82. The number of benzene rings is 1. The smallest absolute Gasteiger partial charge is 0.407 e. The number of ketones is 1. The summed E-state index contributed by atoms with van der Waals surface area (Å²) in [6.07, 6.45) is 3.15. The summed E-state index contributed by atoms with van der Waals surface area (Å²) < 4.78 is 98.2. The van der Waals surface area contributed by atoms with Gasteiger partial charge in [-0.05, 0) is 118 Å². The first kappa shape index (κ1) is 109. The molecule has 11 aliphatic heterocycles. The highest BCUT2D eigenvalue weighted by atomic mass is 31.2. The molecule has 13 rings (SSSR count). The number of primary amides is 1. The molecule has 0 radical (unpaired) electrons. The van der Waals surface area contributed by atoms with Crippen molar-refractivity contribution in [2.24, 2.45) is 35.3 Å². The number of methoxy groups -OCH3 is 1. The normalized spacial score (nSPS) is 29.1. The standard InChI is InChI=1S/C94H140N13O32P/c1-52(2)81(105-88(117)67(45-77(112)102-66-21-30-131-91(66)120)103-78(113)50-106(6)28-26-96-75(110)22-29-127-32-34-129-36-37-130-35-33-128-31-27-97-89(118)68(107-79(114)18-19-80(107)115)49-99-76(111)23-38-140(123,124)125)90(119)104-65(9-8-25-98-92(95)121)87(116)101-58-13-10-56(11-14-58)51-132-93(122)100-48-60(109)44-73-82(126-7)64-43-59(108)41-57-12-16-70-63(42-57)83-85-86(136-70)84-74(137-85)47-94(138-83,139-84)24-20-62-40-54(4)69(133-62)17-15-61-39-53(3)55(5)71(134-61)46-72(64)135-73/h10-11,13-14,18-19,52-53,57,60-74,81-86,109H,4-5,8-9,12,15-17,20-51H2,1-3,6-7H3,(H,96,110)(H,97,118)(H,99,111)(H,100,122)(H,101,116)(H,102,112)(H,103,113)(H,104,119)(H,105,117)(H3,95,98,121)(H2,123,124,125)/t53-,57-,60+,61+,62+,63+,64+,65+,66+,67+,68+,69+,70+,71-,72+,73-,74-,81+,82-,83+,84+,85+,86+,94-/m1/s1. The molecule has 11 fully saturated rings. The van der Waals surface area contributed by atoms with Gasteiger partial charge in [0.1, 0.15) is 60.9 Å². The lowest BCUT2D eigenvalue weighted by atomic mass is 9.71. The fourth-order valence-corrected chi connectivity index (χ4v) is 20.7. The van der Waals surface area contributed by atoms with Crippen LogP contribution in [0.1, 0.15) is 155 Å². The number of aliphatic hydroxyl groups excluding tert-OH is 1. The summed E-state index contributed by atoms with van der Waals surface area (Å²) in [6, 6.07) is -1.35. The second-order valence-corrected chi connectivity index (χ2v) is 40.2. The number of esters is 1. The number of nitrogens with one attached hydrogen (secondary N) is 10. The van der Waals surface area contributed by atoms with Gasteiger partial charge in [0.25, 0.3) is 11.8 Å². The first-order valence-corrected chi connectivity index (χ1v) is 50.6. The summed E-state index contributed by atoms with van der Waals surface area (Å²) in [4.78, 5) is 205. The number of nitrogens with two attached hydrogens (primary N) is 1. The highest BCUT2D eigenvalue weighted by Gasteiger charge is 2.68. The van der Waals surface area contributed by atoms with Crippen LogP contribution in [0.25, 0.3) is 0 Å². The van der Waals surface area contributed by atoms with E-state index in [1.807, 2.05) is 0 Å². The molecule has 1 saturated carbocycles. The molecule has 0 unspecified atom stereocenters. The largest absolute Gasteiger partial charge is 0.464 e. The number of nitrogens with zero attached hydrogens (tertiary/aromatic N) is 2. The van der Waals surface area contributed by atoms with E-state index in [1.54, 1.807) is 40.1 Å². The van der Waals surface area contributed by atoms with E-state index in [9.17, 15) is 76.8 Å². The molecule has 11 heterocycles. The number of Topliss-reactive ketones (excluding diaryl/α,β-unsaturated/α-hetero) is 1. The Morgan fingerprint density at radius 3 is 2.04 bits per heavy atom. The molecule has 24 atom stereocenters. The van der Waals surface area contributed by atoms with Gasteiger partial charge in [0, 0.05) is 134 Å². The van der Waals surface area contributed by atoms with Crippen molar-refractivity contribution in [3.8, 4) is 0 Å². The number of hydrogen-bond acceptors (Lipinski definition) is 31. The van der Waals surface area contributed by atoms with Gasteiger partial charge in [0.05, 0.1) is 146 Å². The highest BCUT2D eigenvalue weighted by molar-refractivity contribution is 7.51. The quantitative estimate of drug-likeness (QED) is 0.0136. The van der Waals surface area contributed by atoms with Gasteiger partial charge in [0.15, 0.2) is 5.79 Å². The van der Waals surface area contributed by atoms with Gasteiger partial charge < -0.3 is 140 Å². The van der Waals surface area contributed by atoms with Crippen LogP contribution in [0.3, 0.4) is 0 Å². The third-order valence-corrected chi connectivity index (χ3v) is 28.3. The fourth-order valence-electron chi connectivity index (χ4n) is 20.2. The lowest BCUT2D eigenvalue weighted by Crippen LogP contribution is -2.59. The van der Waals surface area contributed by atoms with Gasteiger partial charge >= 0.3 is 25.7 Å². The average Bonchev–Trinajstić information content (AvgIpc) is 1.54. The molecule has 12 bridgehead atoms. The molecule has 140 heavy (non-hydrogen) atoms. The number of aliphatic hydroxyl groups is 1. The number of carbonyl (C=O) groups is 14. The van der Waals surface area contributed by atoms with Gasteiger partial charge in [-0.3, -0.25) is 67.1 Å². The zero-order valence-corrected chi connectivity index (χ0v) is 81.1. The van der Waals surface area contributed by atoms with Crippen LogP contribution in [0.4, 0.5) is 15.3 Å². The molecule has 778 valence electrons. The van der Waals surface area contributed by atoms with Crippen LogP contribution in [-0.2, 0) is 135 Å². The van der Waals surface area contributed by atoms with E-state index in [4.69, 9.17) is 81.8 Å². The number of hydrogen-bond donors (Lipinski definition) is 14. The molecule has 15 N–H and O–H groups in total. The Balaban J connectivity index is 0.559. The van der Waals surface area contributed by atoms with E-state index in [1.165, 1.54) is 17.0 Å². The van der Waals surface area contributed by atoms with E-state index in [-0.39, 0.29) is 240 Å². The monoisotopic (exact) mass is 1990 g/mol. The van der Waals surface area contributed by atoms with Crippen molar-refractivity contribution in [2.75, 3.05) is 131 Å². The van der Waals surface area contributed by atoms with Gasteiger partial charge in [-0.15, -0.1) is 0 Å². The van der Waals surface area contributed by atoms with E-state index < -0.39 is 177 Å². The molecule has 12 aliphatic rings. The van der Waals surface area contributed by atoms with Crippen LogP contribution in [0, 0.1) is 29.6 Å². The summed E-state index contributed by atoms with van der Waals surface area (Å²) in [7, 11) is -1.32. The zero-order chi connectivity index (χ0) is 100. The van der Waals surface area contributed by atoms with Crippen molar-refractivity contribution in [2.45, 2.75) is 277 Å². The second kappa shape index (κ2) is 52.2. The Morgan fingerprint density at radius 1 is 0.643 bits per heavy atom.